The summed E-state index contributed by atoms with van der Waals surface area (Å²) >= 11 is 0. The second kappa shape index (κ2) is 9.17. The molecule has 1 unspecified atom stereocenters. The van der Waals surface area contributed by atoms with Crippen LogP contribution in [0.2, 0.25) is 0 Å². The fraction of sp³-hybridized carbons (Fsp3) is 0.393. The van der Waals surface area contributed by atoms with Crippen molar-refractivity contribution in [1.29, 1.82) is 0 Å². The molecule has 1 saturated carbocycles. The lowest BCUT2D eigenvalue weighted by molar-refractivity contribution is -0.0595. The van der Waals surface area contributed by atoms with Crippen LogP contribution in [0.4, 0.5) is 4.39 Å². The number of nitrogens with zero attached hydrogens (tertiary/aromatic N) is 3. The number of fused-ring (bicyclic) bond motifs is 2. The number of carbonyl (C=O) groups is 1. The van der Waals surface area contributed by atoms with Gasteiger partial charge < -0.3 is 15.6 Å². The number of ether oxygens (including phenoxy) is 1. The molecule has 0 aliphatic heterocycles. The zero-order valence-corrected chi connectivity index (χ0v) is 20.6. The lowest BCUT2D eigenvalue weighted by Gasteiger charge is -2.45. The predicted octanol–water partition coefficient (Wildman–Crippen LogP) is 4.40. The smallest absolute Gasteiger partial charge is 0.254 e. The van der Waals surface area contributed by atoms with Crippen molar-refractivity contribution in [2.24, 2.45) is 11.1 Å². The molecule has 0 spiro atoms. The van der Waals surface area contributed by atoms with E-state index in [1.54, 1.807) is 24.4 Å². The second-order valence-corrected chi connectivity index (χ2v) is 9.85. The van der Waals surface area contributed by atoms with Crippen LogP contribution in [0.25, 0.3) is 11.8 Å². The van der Waals surface area contributed by atoms with Gasteiger partial charge in [0.2, 0.25) is 0 Å². The van der Waals surface area contributed by atoms with Crippen LogP contribution < -0.4 is 10.5 Å². The van der Waals surface area contributed by atoms with Crippen LogP contribution in [0.5, 0.6) is 5.75 Å². The van der Waals surface area contributed by atoms with E-state index in [0.717, 1.165) is 36.2 Å². The molecule has 36 heavy (non-hydrogen) atoms. The Labute approximate surface area is 209 Å². The first-order valence-electron chi connectivity index (χ1n) is 12.4. The minimum Gasteiger partial charge on any atom is -0.496 e. The molecule has 8 heteroatoms. The molecule has 0 radical (unpaired) electrons. The Morgan fingerprint density at radius 3 is 2.72 bits per heavy atom. The maximum absolute atomic E-state index is 13.5. The molecule has 5 rings (SSSR count). The van der Waals surface area contributed by atoms with Crippen molar-refractivity contribution in [3.8, 4) is 11.4 Å². The second-order valence-electron chi connectivity index (χ2n) is 9.85. The van der Waals surface area contributed by atoms with Gasteiger partial charge >= 0.3 is 0 Å². The third-order valence-corrected chi connectivity index (χ3v) is 7.98. The van der Waals surface area contributed by atoms with Crippen molar-refractivity contribution < 1.29 is 19.0 Å². The number of aromatic nitrogens is 3. The number of rotatable bonds is 8. The number of nitrogens with two attached hydrogens (primary N) is 1. The molecular weight excluding hydrogens is 459 g/mol. The van der Waals surface area contributed by atoms with Crippen molar-refractivity contribution in [1.82, 2.24) is 14.8 Å². The van der Waals surface area contributed by atoms with Gasteiger partial charge in [-0.2, -0.15) is 5.10 Å². The Morgan fingerprint density at radius 1 is 1.25 bits per heavy atom. The summed E-state index contributed by atoms with van der Waals surface area (Å²) in [5, 5.41) is 16.8. The monoisotopic (exact) mass is 490 g/mol. The molecule has 0 saturated heterocycles. The fourth-order valence-electron chi connectivity index (χ4n) is 6.27. The minimum absolute atomic E-state index is 0.272. The minimum atomic E-state index is -0.968. The van der Waals surface area contributed by atoms with Crippen LogP contribution in [0.15, 0.2) is 48.3 Å². The molecule has 2 aliphatic rings. The van der Waals surface area contributed by atoms with Crippen LogP contribution >= 0.6 is 0 Å². The average molecular weight is 491 g/mol. The zero-order valence-electron chi connectivity index (χ0n) is 20.6. The Balaban J connectivity index is 1.49. The van der Waals surface area contributed by atoms with Crippen LogP contribution in [-0.2, 0) is 12.8 Å². The van der Waals surface area contributed by atoms with Crippen molar-refractivity contribution in [2.45, 2.75) is 57.5 Å². The van der Waals surface area contributed by atoms with E-state index in [-0.39, 0.29) is 11.4 Å². The lowest BCUT2D eigenvalue weighted by Crippen LogP contribution is -2.47. The van der Waals surface area contributed by atoms with Gasteiger partial charge in [0.05, 0.1) is 36.0 Å². The molecule has 2 atom stereocenters. The molecule has 1 fully saturated rings. The number of aryl methyl sites for hydroxylation is 1. The number of carbonyl (C=O) groups excluding carboxylic acids is 1. The van der Waals surface area contributed by atoms with Gasteiger partial charge in [0, 0.05) is 11.6 Å². The van der Waals surface area contributed by atoms with Crippen molar-refractivity contribution in [2.75, 3.05) is 7.11 Å². The summed E-state index contributed by atoms with van der Waals surface area (Å²) in [6.45, 7) is 2.14. The number of halogens is 1. The maximum atomic E-state index is 13.5. The molecule has 3 aromatic rings. The van der Waals surface area contributed by atoms with Gasteiger partial charge in [0.15, 0.2) is 0 Å². The highest BCUT2D eigenvalue weighted by molar-refractivity contribution is 5.96. The summed E-state index contributed by atoms with van der Waals surface area (Å²) in [7, 11) is 1.50. The van der Waals surface area contributed by atoms with Crippen LogP contribution in [-0.4, -0.2) is 38.5 Å². The summed E-state index contributed by atoms with van der Waals surface area (Å²) in [5.41, 5.74) is 9.13. The number of hydrogen-bond donors (Lipinski definition) is 2. The molecular formula is C28H31FN4O3. The first-order chi connectivity index (χ1) is 17.3. The lowest BCUT2D eigenvalue weighted by atomic mass is 9.62. The maximum Gasteiger partial charge on any atom is 0.254 e. The highest BCUT2D eigenvalue weighted by atomic mass is 19.1. The first kappa shape index (κ1) is 24.2. The Hall–Kier alpha value is -3.52. The molecule has 7 nitrogen and oxygen atoms in total. The van der Waals surface area contributed by atoms with Crippen LogP contribution in [0, 0.1) is 11.2 Å². The van der Waals surface area contributed by atoms with Crippen LogP contribution in [0.3, 0.4) is 0 Å². The third kappa shape index (κ3) is 3.80. The standard InChI is InChI=1S/C28H31FN4O3/c1-3-11-27-16-18-17-32-33(21-6-4-20(29)5-7-21)23(18)15-19(27)8-12-28(27,35)13-9-22-25(26(30)34)24(36-2)10-14-31-22/h4-7,10,14-15,17,35H,3,8-9,11-13,16H2,1-2H3,(H2,30,34)/t27?,28-/m1/s1. The normalized spacial score (nSPS) is 22.6. The number of methoxy groups -OCH3 is 1. The van der Waals surface area contributed by atoms with Crippen molar-refractivity contribution in [3.63, 3.8) is 0 Å². The third-order valence-electron chi connectivity index (χ3n) is 7.98. The fourth-order valence-corrected chi connectivity index (χ4v) is 6.27. The Kier molecular flexibility index (Phi) is 6.16. The Bertz CT molecular complexity index is 1330. The predicted molar refractivity (Wildman–Crippen MR) is 134 cm³/mol. The summed E-state index contributed by atoms with van der Waals surface area (Å²) < 4.78 is 20.6. The number of pyridine rings is 1. The largest absolute Gasteiger partial charge is 0.496 e. The topological polar surface area (TPSA) is 103 Å². The number of primary amides is 1. The zero-order chi connectivity index (χ0) is 25.5. The van der Waals surface area contributed by atoms with Gasteiger partial charge in [-0.3, -0.25) is 9.78 Å². The molecule has 3 N–H and O–H groups in total. The first-order valence-corrected chi connectivity index (χ1v) is 12.4. The van der Waals surface area contributed by atoms with Crippen molar-refractivity contribution in [3.05, 3.63) is 76.6 Å². The number of amides is 1. The van der Waals surface area contributed by atoms with E-state index >= 15 is 0 Å². The van der Waals surface area contributed by atoms with Gasteiger partial charge in [-0.25, -0.2) is 9.07 Å². The van der Waals surface area contributed by atoms with E-state index in [1.165, 1.54) is 24.8 Å². The van der Waals surface area contributed by atoms with E-state index in [4.69, 9.17) is 10.5 Å². The Morgan fingerprint density at radius 2 is 2.03 bits per heavy atom. The van der Waals surface area contributed by atoms with Gasteiger partial charge in [0.25, 0.3) is 5.91 Å². The van der Waals surface area contributed by atoms with Gasteiger partial charge in [-0.05, 0) is 80.5 Å². The molecule has 2 aliphatic carbocycles. The summed E-state index contributed by atoms with van der Waals surface area (Å²) in [5.74, 6) is -0.482. The van der Waals surface area contributed by atoms with Crippen molar-refractivity contribution >= 4 is 12.0 Å². The van der Waals surface area contributed by atoms with Gasteiger partial charge in [-0.15, -0.1) is 0 Å². The summed E-state index contributed by atoms with van der Waals surface area (Å²) in [6, 6.07) is 7.92. The number of benzene rings is 1. The van der Waals surface area contributed by atoms with E-state index in [2.05, 4.69) is 23.1 Å². The number of aliphatic hydroxyl groups is 1. The molecule has 0 bridgehead atoms. The molecule has 2 aromatic heterocycles. The van der Waals surface area contributed by atoms with E-state index in [1.807, 2.05) is 10.9 Å². The SMILES string of the molecule is CCCC12Cc3cnn(-c4ccc(F)cc4)c3C=C1CC[C@@]2(O)CCc1nccc(OC)c1C(N)=O. The number of hydrogen-bond acceptors (Lipinski definition) is 5. The van der Waals surface area contributed by atoms with E-state index in [9.17, 15) is 14.3 Å². The quantitative estimate of drug-likeness (QED) is 0.487. The van der Waals surface area contributed by atoms with E-state index in [0.29, 0.717) is 37.1 Å². The van der Waals surface area contributed by atoms with Gasteiger partial charge in [-0.1, -0.05) is 18.9 Å². The molecule has 188 valence electrons. The molecule has 1 aromatic carbocycles. The highest BCUT2D eigenvalue weighted by Gasteiger charge is 2.57. The summed E-state index contributed by atoms with van der Waals surface area (Å²) in [4.78, 5) is 16.6. The molecule has 1 amide bonds. The average Bonchev–Trinajstić information content (AvgIpc) is 3.40. The highest BCUT2D eigenvalue weighted by Crippen LogP contribution is 2.59. The summed E-state index contributed by atoms with van der Waals surface area (Å²) in [6.07, 6.45) is 10.3. The van der Waals surface area contributed by atoms with Crippen LogP contribution in [0.1, 0.15) is 66.3 Å². The van der Waals surface area contributed by atoms with Gasteiger partial charge in [0.1, 0.15) is 17.1 Å². The van der Waals surface area contributed by atoms with E-state index < -0.39 is 16.9 Å². The molecule has 2 heterocycles.